The van der Waals surface area contributed by atoms with E-state index in [9.17, 15) is 53.1 Å². The van der Waals surface area contributed by atoms with Gasteiger partial charge in [-0.15, -0.1) is 0 Å². The second-order valence-corrected chi connectivity index (χ2v) is 25.4. The van der Waals surface area contributed by atoms with Gasteiger partial charge >= 0.3 is 0 Å². The first-order valence-corrected chi connectivity index (χ1v) is 29.4. The Balaban J connectivity index is 7.06. The first kappa shape index (κ1) is 76.9. The first-order valence-electron chi connectivity index (χ1n) is 29.4. The van der Waals surface area contributed by atoms with E-state index < -0.39 is 144 Å². The van der Waals surface area contributed by atoms with Crippen LogP contribution in [0.25, 0.3) is 0 Å². The average Bonchev–Trinajstić information content (AvgIpc) is 3.60. The molecule has 0 aliphatic rings. The lowest BCUT2D eigenvalue weighted by atomic mass is 9.81. The molecule has 0 aromatic rings. The molecular formula is C60H109N11O12. The summed E-state index contributed by atoms with van der Waals surface area (Å²) in [5.74, 6) is -8.89. The summed E-state index contributed by atoms with van der Waals surface area (Å²) in [5, 5.41) is 22.6. The van der Waals surface area contributed by atoms with Crippen molar-refractivity contribution in [3.63, 3.8) is 0 Å². The van der Waals surface area contributed by atoms with Gasteiger partial charge in [0, 0.05) is 48.2 Å². The molecule has 0 aromatic carbocycles. The number of hydrogen-bond acceptors (Lipinski definition) is 12. The quantitative estimate of drug-likeness (QED) is 0.0517. The molecule has 23 nitrogen and oxygen atoms in total. The molecule has 12 atom stereocenters. The van der Waals surface area contributed by atoms with E-state index in [-0.39, 0.29) is 54.8 Å². The smallest absolute Gasteiger partial charge is 0.246 e. The van der Waals surface area contributed by atoms with Gasteiger partial charge in [0.15, 0.2) is 0 Å². The fourth-order valence-corrected chi connectivity index (χ4v) is 9.41. The number of carbonyl (C=O) groups excluding carboxylic acids is 11. The first-order chi connectivity index (χ1) is 38.0. The Hall–Kier alpha value is -6.13. The summed E-state index contributed by atoms with van der Waals surface area (Å²) < 4.78 is 0. The number of aliphatic hydroxyl groups is 1. The van der Waals surface area contributed by atoms with Crippen LogP contribution in [-0.4, -0.2) is 209 Å². The van der Waals surface area contributed by atoms with Crippen LogP contribution in [0.4, 0.5) is 0 Å². The van der Waals surface area contributed by atoms with Gasteiger partial charge in [0.2, 0.25) is 65.0 Å². The molecule has 0 heterocycles. The van der Waals surface area contributed by atoms with Crippen LogP contribution in [0, 0.1) is 40.9 Å². The molecular weight excluding hydrogens is 1070 g/mol. The number of rotatable bonds is 33. The molecule has 0 spiro atoms. The number of amides is 11. The van der Waals surface area contributed by atoms with Crippen molar-refractivity contribution >= 4 is 65.0 Å². The molecule has 0 fully saturated rings. The van der Waals surface area contributed by atoms with Crippen molar-refractivity contribution in [2.45, 2.75) is 217 Å². The molecule has 476 valence electrons. The summed E-state index contributed by atoms with van der Waals surface area (Å²) in [6.07, 6.45) is 2.96. The molecule has 0 saturated carbocycles. The third-order valence-electron chi connectivity index (χ3n) is 15.8. The molecule has 23 heteroatoms. The highest BCUT2D eigenvalue weighted by molar-refractivity contribution is 5.98. The summed E-state index contributed by atoms with van der Waals surface area (Å²) in [7, 11) is 8.57. The molecule has 0 bridgehead atoms. The number of nitrogens with zero attached hydrogens (tertiary/aromatic N) is 6. The Kier molecular flexibility index (Phi) is 32.0. The molecule has 0 aliphatic heterocycles. The highest BCUT2D eigenvalue weighted by Crippen LogP contribution is 2.28. The van der Waals surface area contributed by atoms with Gasteiger partial charge in [0.25, 0.3) is 0 Å². The van der Waals surface area contributed by atoms with Crippen molar-refractivity contribution in [2.75, 3.05) is 48.8 Å². The number of nitrogens with one attached hydrogen (secondary N) is 4. The average molecular weight is 1180 g/mol. The van der Waals surface area contributed by atoms with Crippen molar-refractivity contribution < 1.29 is 57.8 Å². The van der Waals surface area contributed by atoms with Crippen LogP contribution in [0.5, 0.6) is 0 Å². The summed E-state index contributed by atoms with van der Waals surface area (Å²) in [6, 6.07) is -10.5. The largest absolute Gasteiger partial charge is 0.390 e. The molecule has 0 aromatic heterocycles. The van der Waals surface area contributed by atoms with Crippen LogP contribution in [0.1, 0.15) is 157 Å². The van der Waals surface area contributed by atoms with Crippen molar-refractivity contribution in [2.24, 2.45) is 46.7 Å². The second kappa shape index (κ2) is 34.6. The van der Waals surface area contributed by atoms with Gasteiger partial charge in [-0.05, 0) is 94.8 Å². The van der Waals surface area contributed by atoms with E-state index in [0.717, 1.165) is 9.80 Å². The Labute approximate surface area is 496 Å². The highest BCUT2D eigenvalue weighted by atomic mass is 16.3. The predicted molar refractivity (Wildman–Crippen MR) is 321 cm³/mol. The number of hydrogen-bond donors (Lipinski definition) is 6. The van der Waals surface area contributed by atoms with Crippen molar-refractivity contribution in [3.05, 3.63) is 12.2 Å². The van der Waals surface area contributed by atoms with Crippen LogP contribution < -0.4 is 27.0 Å². The minimum Gasteiger partial charge on any atom is -0.390 e. The molecule has 0 saturated heterocycles. The maximum absolute atomic E-state index is 15.1. The SMILES string of the molecule is C/C=C/C[C@@H](C)[C@H](O)C(C(=O)N[C@@H](CC)C(=O)NCC(=O)N(C)[C@@H](C)C(N)=O)N(C)C(=O)[C@H](C(C)C)N(C)C(=O)[C@@H](CC(C)C)N(C)C(=O)[C@@H](CC(C)C)N(C)C(=O)[C@H](C)NC(=O)[C@@H](CC(C)C)NC(=O)[C@H](C)N(C)C(=O)[C@H](C)C(C)(C)C. The van der Waals surface area contributed by atoms with E-state index in [1.54, 1.807) is 67.7 Å². The highest BCUT2D eigenvalue weighted by Gasteiger charge is 2.45. The number of aliphatic hydroxyl groups excluding tert-OH is 1. The minimum absolute atomic E-state index is 0.0435. The Bertz CT molecular complexity index is 2250. The van der Waals surface area contributed by atoms with Crippen LogP contribution in [-0.2, 0) is 52.7 Å². The fourth-order valence-electron chi connectivity index (χ4n) is 9.41. The monoisotopic (exact) mass is 1180 g/mol. The third-order valence-corrected chi connectivity index (χ3v) is 15.8. The van der Waals surface area contributed by atoms with E-state index in [0.29, 0.717) is 6.42 Å². The lowest BCUT2D eigenvalue weighted by Crippen LogP contribution is -2.63. The summed E-state index contributed by atoms with van der Waals surface area (Å²) in [4.78, 5) is 160. The molecule has 0 radical (unpaired) electrons. The van der Waals surface area contributed by atoms with Crippen molar-refractivity contribution in [1.82, 2.24) is 50.7 Å². The van der Waals surface area contributed by atoms with Gasteiger partial charge in [-0.3, -0.25) is 52.7 Å². The zero-order chi connectivity index (χ0) is 65.0. The summed E-state index contributed by atoms with van der Waals surface area (Å²) in [5.41, 5.74) is 4.98. The molecule has 1 unspecified atom stereocenters. The van der Waals surface area contributed by atoms with Gasteiger partial charge in [0.1, 0.15) is 54.4 Å². The number of primary amides is 1. The van der Waals surface area contributed by atoms with E-state index in [1.807, 2.05) is 62.3 Å². The Morgan fingerprint density at radius 1 is 0.518 bits per heavy atom. The summed E-state index contributed by atoms with van der Waals surface area (Å²) >= 11 is 0. The zero-order valence-corrected chi connectivity index (χ0v) is 54.8. The van der Waals surface area contributed by atoms with E-state index in [1.165, 1.54) is 68.7 Å². The van der Waals surface area contributed by atoms with Crippen LogP contribution in [0.3, 0.4) is 0 Å². The fraction of sp³-hybridized carbons (Fsp3) is 0.783. The Morgan fingerprint density at radius 3 is 1.41 bits per heavy atom. The zero-order valence-electron chi connectivity index (χ0n) is 54.8. The van der Waals surface area contributed by atoms with E-state index in [2.05, 4.69) is 21.3 Å². The lowest BCUT2D eigenvalue weighted by Gasteiger charge is -2.41. The van der Waals surface area contributed by atoms with E-state index >= 15 is 4.79 Å². The van der Waals surface area contributed by atoms with Crippen LogP contribution in [0.15, 0.2) is 12.2 Å². The number of nitrogens with two attached hydrogens (primary N) is 1. The van der Waals surface area contributed by atoms with Crippen LogP contribution >= 0.6 is 0 Å². The molecule has 83 heavy (non-hydrogen) atoms. The molecule has 7 N–H and O–H groups in total. The van der Waals surface area contributed by atoms with Gasteiger partial charge < -0.3 is 61.5 Å². The summed E-state index contributed by atoms with van der Waals surface area (Å²) in [6.45, 7) is 31.4. The number of carbonyl (C=O) groups is 11. The van der Waals surface area contributed by atoms with Gasteiger partial charge in [-0.25, -0.2) is 0 Å². The van der Waals surface area contributed by atoms with Gasteiger partial charge in [-0.2, -0.15) is 0 Å². The second-order valence-electron chi connectivity index (χ2n) is 25.4. The molecule has 0 rings (SSSR count). The third kappa shape index (κ3) is 22.8. The molecule has 0 aliphatic carbocycles. The van der Waals surface area contributed by atoms with Crippen LogP contribution in [0.2, 0.25) is 0 Å². The van der Waals surface area contributed by atoms with E-state index in [4.69, 9.17) is 5.73 Å². The number of allylic oxidation sites excluding steroid dienone is 2. The van der Waals surface area contributed by atoms with Gasteiger partial charge in [0.05, 0.1) is 12.6 Å². The van der Waals surface area contributed by atoms with Gasteiger partial charge in [-0.1, -0.05) is 109 Å². The maximum Gasteiger partial charge on any atom is 0.246 e. The lowest BCUT2D eigenvalue weighted by molar-refractivity contribution is -0.157. The number of likely N-dealkylation sites (N-methyl/N-ethyl adjacent to an activating group) is 6. The Morgan fingerprint density at radius 2 is 0.976 bits per heavy atom. The topological polar surface area (TPSA) is 302 Å². The molecule has 11 amide bonds. The van der Waals surface area contributed by atoms with Crippen molar-refractivity contribution in [3.8, 4) is 0 Å². The normalized spacial score (nSPS) is 16.2. The minimum atomic E-state index is -1.60. The standard InChI is InChI=1S/C60H109N11O12/c1-25-27-28-37(11)49(73)48(54(78)64-42(26-2)52(76)62-32-46(72)66(19)40(14)50(61)74)71(24)59(83)47(36(9)10)70(23)58(82)45(31-35(7)8)69(22)57(81)44(30-34(5)6)68(21)56(80)39(13)63-53(77)43(29-33(3)4)65-51(75)41(15)67(20)55(79)38(12)60(16,17)18/h25,27,33-45,47-49,73H,26,28-32H2,1-24H3,(H2,61,74)(H,62,76)(H,63,77)(H,64,78)(H,65,75)/b27-25+/t37-,38+,39+,40+,41+,42+,43-,44-,45-,47+,48?,49+/m1/s1. The maximum atomic E-state index is 15.1. The van der Waals surface area contributed by atoms with Crippen molar-refractivity contribution in [1.29, 1.82) is 0 Å². The predicted octanol–water partition coefficient (Wildman–Crippen LogP) is 2.91.